The lowest BCUT2D eigenvalue weighted by molar-refractivity contribution is -0.137. The summed E-state index contributed by atoms with van der Waals surface area (Å²) >= 11 is 0. The Bertz CT molecular complexity index is 407. The van der Waals surface area contributed by atoms with Crippen molar-refractivity contribution >= 4 is 13.6 Å². The van der Waals surface area contributed by atoms with Crippen LogP contribution in [-0.4, -0.2) is 52.6 Å². The number of carboxylic acids is 1. The Balaban J connectivity index is 1.54. The highest BCUT2D eigenvalue weighted by molar-refractivity contribution is 7.57. The van der Waals surface area contributed by atoms with Crippen molar-refractivity contribution in [2.75, 3.05) is 26.2 Å². The zero-order valence-corrected chi connectivity index (χ0v) is 12.7. The second-order valence-corrected chi connectivity index (χ2v) is 8.72. The fraction of sp³-hybridized carbons (Fsp3) is 0.923. The molecule has 2 aliphatic heterocycles. The molecule has 3 fully saturated rings. The lowest BCUT2D eigenvalue weighted by atomic mass is 9.83. The van der Waals surface area contributed by atoms with Gasteiger partial charge >= 0.3 is 5.97 Å². The zero-order valence-electron chi connectivity index (χ0n) is 11.8. The highest BCUT2D eigenvalue weighted by Gasteiger charge is 2.48. The average molecular weight is 301 g/mol. The molecule has 0 amide bonds. The van der Waals surface area contributed by atoms with Crippen molar-refractivity contribution in [2.45, 2.75) is 44.6 Å². The summed E-state index contributed by atoms with van der Waals surface area (Å²) in [5, 5.41) is 12.2. The summed E-state index contributed by atoms with van der Waals surface area (Å²) in [5.41, 5.74) is 0. The first kappa shape index (κ1) is 14.5. The predicted octanol–water partition coefficient (Wildman–Crippen LogP) is 1.74. The smallest absolute Gasteiger partial charge is 0.303 e. The van der Waals surface area contributed by atoms with E-state index in [9.17, 15) is 9.36 Å². The Morgan fingerprint density at radius 2 is 1.85 bits per heavy atom. The molecule has 0 bridgehead atoms. The number of hydrogen-bond donors (Lipinski definition) is 2. The van der Waals surface area contributed by atoms with Gasteiger partial charge < -0.3 is 5.11 Å². The van der Waals surface area contributed by atoms with Gasteiger partial charge in [-0.1, -0.05) is 12.8 Å². The molecule has 0 spiro atoms. The Labute approximate surface area is 120 Å². The van der Waals surface area contributed by atoms with Gasteiger partial charge in [0.2, 0.25) is 0 Å². The summed E-state index contributed by atoms with van der Waals surface area (Å²) in [4.78, 5) is 10.7. The second kappa shape index (κ2) is 5.76. The van der Waals surface area contributed by atoms with Crippen molar-refractivity contribution in [1.82, 2.24) is 14.4 Å². The number of rotatable bonds is 7. The minimum absolute atomic E-state index is 0.257. The van der Waals surface area contributed by atoms with E-state index in [1.165, 1.54) is 0 Å². The van der Waals surface area contributed by atoms with Crippen LogP contribution >= 0.6 is 7.59 Å². The fourth-order valence-electron chi connectivity index (χ4n) is 3.21. The predicted molar refractivity (Wildman–Crippen MR) is 76.5 cm³/mol. The van der Waals surface area contributed by atoms with E-state index in [2.05, 4.69) is 14.4 Å². The van der Waals surface area contributed by atoms with E-state index in [1.54, 1.807) is 0 Å². The van der Waals surface area contributed by atoms with Gasteiger partial charge in [0.15, 0.2) is 0 Å². The Morgan fingerprint density at radius 3 is 2.40 bits per heavy atom. The molecule has 1 saturated carbocycles. The van der Waals surface area contributed by atoms with Crippen molar-refractivity contribution in [1.29, 1.82) is 0 Å². The van der Waals surface area contributed by atoms with Gasteiger partial charge in [-0.25, -0.2) is 14.4 Å². The van der Waals surface area contributed by atoms with Crippen LogP contribution < -0.4 is 5.09 Å². The maximum atomic E-state index is 13.0. The molecule has 2 saturated heterocycles. The van der Waals surface area contributed by atoms with Crippen molar-refractivity contribution in [3.8, 4) is 0 Å². The summed E-state index contributed by atoms with van der Waals surface area (Å²) in [6.07, 6.45) is 5.28. The van der Waals surface area contributed by atoms with Crippen molar-refractivity contribution in [3.63, 3.8) is 0 Å². The van der Waals surface area contributed by atoms with Crippen LogP contribution in [0.2, 0.25) is 0 Å². The molecular weight excluding hydrogens is 277 g/mol. The first-order chi connectivity index (χ1) is 9.58. The SMILES string of the molecule is O=C(O)CCC1CCCC(NP(=O)(N2CC2)N2CC2)C1. The lowest BCUT2D eigenvalue weighted by Crippen LogP contribution is -2.35. The highest BCUT2D eigenvalue weighted by atomic mass is 31.2. The Morgan fingerprint density at radius 1 is 1.20 bits per heavy atom. The molecule has 7 heteroatoms. The van der Waals surface area contributed by atoms with Gasteiger partial charge in [0.1, 0.15) is 0 Å². The van der Waals surface area contributed by atoms with Gasteiger partial charge in [-0.2, -0.15) is 0 Å². The van der Waals surface area contributed by atoms with Crippen molar-refractivity contribution < 1.29 is 14.5 Å². The molecule has 6 nitrogen and oxygen atoms in total. The first-order valence-corrected chi connectivity index (χ1v) is 9.29. The van der Waals surface area contributed by atoms with Crippen LogP contribution in [0.5, 0.6) is 0 Å². The average Bonchev–Trinajstić information content (AvgIpc) is 3.30. The van der Waals surface area contributed by atoms with Gasteiger partial charge in [0.05, 0.1) is 0 Å². The summed E-state index contributed by atoms with van der Waals surface area (Å²) < 4.78 is 17.1. The van der Waals surface area contributed by atoms with Gasteiger partial charge in [-0.3, -0.25) is 9.36 Å². The molecule has 2 unspecified atom stereocenters. The van der Waals surface area contributed by atoms with Gasteiger partial charge in [0, 0.05) is 38.6 Å². The molecule has 0 aromatic heterocycles. The van der Waals surface area contributed by atoms with Crippen LogP contribution in [0.1, 0.15) is 38.5 Å². The molecule has 0 radical (unpaired) electrons. The van der Waals surface area contributed by atoms with Crippen LogP contribution in [0.25, 0.3) is 0 Å². The van der Waals surface area contributed by atoms with Crippen LogP contribution in [0, 0.1) is 5.92 Å². The molecule has 0 aromatic rings. The van der Waals surface area contributed by atoms with Crippen molar-refractivity contribution in [2.24, 2.45) is 5.92 Å². The first-order valence-electron chi connectivity index (χ1n) is 7.68. The van der Waals surface area contributed by atoms with Gasteiger partial charge in [-0.15, -0.1) is 0 Å². The fourth-order valence-corrected chi connectivity index (χ4v) is 5.87. The van der Waals surface area contributed by atoms with E-state index in [4.69, 9.17) is 5.11 Å². The monoisotopic (exact) mass is 301 g/mol. The van der Waals surface area contributed by atoms with Crippen LogP contribution in [0.3, 0.4) is 0 Å². The van der Waals surface area contributed by atoms with Gasteiger partial charge in [-0.05, 0) is 25.2 Å². The van der Waals surface area contributed by atoms with Crippen LogP contribution in [-0.2, 0) is 9.36 Å². The van der Waals surface area contributed by atoms with Crippen LogP contribution in [0.4, 0.5) is 0 Å². The standard InChI is InChI=1S/C13H24N3O3P/c17-13(18)5-4-11-2-1-3-12(10-11)14-20(19,15-6-7-15)16-8-9-16/h11-12H,1-10H2,(H,14,19)(H,17,18). The normalized spacial score (nSPS) is 31.2. The quantitative estimate of drug-likeness (QED) is 0.551. The van der Waals surface area contributed by atoms with E-state index >= 15 is 0 Å². The minimum Gasteiger partial charge on any atom is -0.481 e. The van der Waals surface area contributed by atoms with Crippen LogP contribution in [0.15, 0.2) is 0 Å². The lowest BCUT2D eigenvalue weighted by Gasteiger charge is -2.33. The van der Waals surface area contributed by atoms with Crippen molar-refractivity contribution in [3.05, 3.63) is 0 Å². The number of nitrogens with zero attached hydrogens (tertiary/aromatic N) is 2. The highest BCUT2D eigenvalue weighted by Crippen LogP contribution is 2.57. The minimum atomic E-state index is -2.47. The molecule has 2 N–H and O–H groups in total. The molecule has 3 rings (SSSR count). The number of nitrogens with one attached hydrogen (secondary N) is 1. The molecule has 1 aliphatic carbocycles. The van der Waals surface area contributed by atoms with E-state index in [0.29, 0.717) is 5.92 Å². The topological polar surface area (TPSA) is 72.4 Å². The molecule has 0 aromatic carbocycles. The third-order valence-electron chi connectivity index (χ3n) is 4.51. The molecule has 2 heterocycles. The third kappa shape index (κ3) is 3.42. The Kier molecular flexibility index (Phi) is 4.18. The summed E-state index contributed by atoms with van der Waals surface area (Å²) in [6, 6.07) is 0.287. The number of aliphatic carboxylic acids is 1. The largest absolute Gasteiger partial charge is 0.481 e. The molecule has 3 aliphatic rings. The van der Waals surface area contributed by atoms with E-state index in [1.807, 2.05) is 0 Å². The zero-order chi connectivity index (χ0) is 14.2. The molecule has 2 atom stereocenters. The van der Waals surface area contributed by atoms with E-state index in [-0.39, 0.29) is 12.5 Å². The molecule has 20 heavy (non-hydrogen) atoms. The molecular formula is C13H24N3O3P. The molecule has 114 valence electrons. The van der Waals surface area contributed by atoms with E-state index < -0.39 is 13.6 Å². The number of carboxylic acid groups (broad SMARTS) is 1. The third-order valence-corrected chi connectivity index (χ3v) is 7.55. The van der Waals surface area contributed by atoms with Gasteiger partial charge in [0.25, 0.3) is 7.59 Å². The number of carbonyl (C=O) groups is 1. The second-order valence-electron chi connectivity index (χ2n) is 6.24. The van der Waals surface area contributed by atoms with E-state index in [0.717, 1.165) is 58.3 Å². The summed E-state index contributed by atoms with van der Waals surface area (Å²) in [6.45, 7) is 3.76. The summed E-state index contributed by atoms with van der Waals surface area (Å²) in [7, 11) is -2.47. The number of hydrogen-bond acceptors (Lipinski definition) is 2. The maximum Gasteiger partial charge on any atom is 0.303 e. The summed E-state index contributed by atoms with van der Waals surface area (Å²) in [5.74, 6) is -0.242. The maximum absolute atomic E-state index is 13.0. The Hall–Kier alpha value is -0.420.